The first-order chi connectivity index (χ1) is 7.10. The highest BCUT2D eigenvalue weighted by atomic mass is 79.9. The van der Waals surface area contributed by atoms with Crippen LogP contribution in [0.5, 0.6) is 0 Å². The molecule has 15 heavy (non-hydrogen) atoms. The van der Waals surface area contributed by atoms with Crippen LogP contribution in [-0.4, -0.2) is 12.6 Å². The third-order valence-corrected chi connectivity index (χ3v) is 3.02. The predicted molar refractivity (Wildman–Crippen MR) is 64.5 cm³/mol. The number of aryl methyl sites for hydroxylation is 1. The molecule has 0 saturated carbocycles. The van der Waals surface area contributed by atoms with Crippen molar-refractivity contribution in [3.63, 3.8) is 0 Å². The Balaban J connectivity index is 3.15. The molecule has 1 aromatic carbocycles. The first-order valence-electron chi connectivity index (χ1n) is 4.93. The average molecular weight is 271 g/mol. The Morgan fingerprint density at radius 1 is 1.40 bits per heavy atom. The van der Waals surface area contributed by atoms with Gasteiger partial charge in [0.1, 0.15) is 0 Å². The van der Waals surface area contributed by atoms with Gasteiger partial charge in [0, 0.05) is 5.33 Å². The molecule has 3 heteroatoms. The highest BCUT2D eigenvalue weighted by Crippen LogP contribution is 2.19. The summed E-state index contributed by atoms with van der Waals surface area (Å²) in [6, 6.07) is 3.96. The normalized spacial score (nSPS) is 10.1. The van der Waals surface area contributed by atoms with Crippen LogP contribution in [-0.2, 0) is 10.1 Å². The molecule has 0 heterocycles. The number of benzene rings is 1. The molecule has 0 aromatic heterocycles. The SMILES string of the molecule is CCOC(=O)c1cc(CBr)cc(C)c1C. The van der Waals surface area contributed by atoms with Crippen molar-refractivity contribution in [1.29, 1.82) is 0 Å². The first-order valence-corrected chi connectivity index (χ1v) is 6.05. The van der Waals surface area contributed by atoms with Crippen molar-refractivity contribution < 1.29 is 9.53 Å². The Hall–Kier alpha value is -0.830. The summed E-state index contributed by atoms with van der Waals surface area (Å²) in [6.45, 7) is 6.17. The summed E-state index contributed by atoms with van der Waals surface area (Å²) in [6.07, 6.45) is 0. The van der Waals surface area contributed by atoms with Crippen LogP contribution in [0.3, 0.4) is 0 Å². The molecule has 0 aliphatic heterocycles. The summed E-state index contributed by atoms with van der Waals surface area (Å²) < 4.78 is 5.01. The van der Waals surface area contributed by atoms with E-state index in [1.165, 1.54) is 0 Å². The lowest BCUT2D eigenvalue weighted by atomic mass is 10.0. The van der Waals surface area contributed by atoms with E-state index in [0.29, 0.717) is 12.2 Å². The number of carbonyl (C=O) groups is 1. The summed E-state index contributed by atoms with van der Waals surface area (Å²) in [7, 11) is 0. The minimum atomic E-state index is -0.235. The maximum atomic E-state index is 11.6. The zero-order valence-electron chi connectivity index (χ0n) is 9.26. The van der Waals surface area contributed by atoms with Crippen LogP contribution < -0.4 is 0 Å². The minimum Gasteiger partial charge on any atom is -0.462 e. The molecule has 0 bridgehead atoms. The molecule has 0 aliphatic rings. The van der Waals surface area contributed by atoms with Gasteiger partial charge in [0.05, 0.1) is 12.2 Å². The lowest BCUT2D eigenvalue weighted by Gasteiger charge is -2.10. The maximum Gasteiger partial charge on any atom is 0.338 e. The molecular weight excluding hydrogens is 256 g/mol. The zero-order chi connectivity index (χ0) is 11.4. The smallest absolute Gasteiger partial charge is 0.338 e. The molecular formula is C12H15BrO2. The number of hydrogen-bond acceptors (Lipinski definition) is 2. The predicted octanol–water partition coefficient (Wildman–Crippen LogP) is 3.38. The number of hydrogen-bond donors (Lipinski definition) is 0. The van der Waals surface area contributed by atoms with E-state index in [-0.39, 0.29) is 5.97 Å². The first kappa shape index (κ1) is 12.2. The fourth-order valence-electron chi connectivity index (χ4n) is 1.43. The maximum absolute atomic E-state index is 11.6. The van der Waals surface area contributed by atoms with Gasteiger partial charge in [-0.25, -0.2) is 4.79 Å². The summed E-state index contributed by atoms with van der Waals surface area (Å²) in [5.41, 5.74) is 3.89. The van der Waals surface area contributed by atoms with Gasteiger partial charge < -0.3 is 4.74 Å². The standard InChI is InChI=1S/C12H15BrO2/c1-4-15-12(14)11-6-10(7-13)5-8(2)9(11)3/h5-6H,4,7H2,1-3H3. The minimum absolute atomic E-state index is 0.235. The monoisotopic (exact) mass is 270 g/mol. The molecule has 1 rings (SSSR count). The second-order valence-electron chi connectivity index (χ2n) is 3.44. The molecule has 1 aromatic rings. The summed E-state index contributed by atoms with van der Waals surface area (Å²) in [4.78, 5) is 11.6. The van der Waals surface area contributed by atoms with Crippen molar-refractivity contribution in [2.75, 3.05) is 6.61 Å². The van der Waals surface area contributed by atoms with Crippen LogP contribution in [0, 0.1) is 13.8 Å². The van der Waals surface area contributed by atoms with Crippen molar-refractivity contribution >= 4 is 21.9 Å². The molecule has 0 amide bonds. The van der Waals surface area contributed by atoms with Crippen molar-refractivity contribution in [3.05, 3.63) is 34.4 Å². The van der Waals surface area contributed by atoms with E-state index in [4.69, 9.17) is 4.74 Å². The van der Waals surface area contributed by atoms with E-state index in [1.807, 2.05) is 26.8 Å². The van der Waals surface area contributed by atoms with Gasteiger partial charge in [0.15, 0.2) is 0 Å². The van der Waals surface area contributed by atoms with Gasteiger partial charge in [-0.15, -0.1) is 0 Å². The van der Waals surface area contributed by atoms with Crippen LogP contribution in [0.4, 0.5) is 0 Å². The Kier molecular flexibility index (Phi) is 4.33. The molecule has 0 radical (unpaired) electrons. The summed E-state index contributed by atoms with van der Waals surface area (Å²) in [5.74, 6) is -0.235. The molecule has 0 unspecified atom stereocenters. The van der Waals surface area contributed by atoms with E-state index in [2.05, 4.69) is 22.0 Å². The van der Waals surface area contributed by atoms with Gasteiger partial charge in [0.2, 0.25) is 0 Å². The van der Waals surface area contributed by atoms with Crippen molar-refractivity contribution in [2.24, 2.45) is 0 Å². The molecule has 2 nitrogen and oxygen atoms in total. The second kappa shape index (κ2) is 5.31. The van der Waals surface area contributed by atoms with Gasteiger partial charge in [-0.1, -0.05) is 22.0 Å². The van der Waals surface area contributed by atoms with E-state index in [0.717, 1.165) is 22.0 Å². The zero-order valence-corrected chi connectivity index (χ0v) is 10.8. The largest absolute Gasteiger partial charge is 0.462 e. The Morgan fingerprint density at radius 3 is 2.60 bits per heavy atom. The van der Waals surface area contributed by atoms with E-state index in [1.54, 1.807) is 0 Å². The highest BCUT2D eigenvalue weighted by molar-refractivity contribution is 9.08. The fourth-order valence-corrected chi connectivity index (χ4v) is 1.76. The topological polar surface area (TPSA) is 26.3 Å². The van der Waals surface area contributed by atoms with Gasteiger partial charge in [-0.3, -0.25) is 0 Å². The van der Waals surface area contributed by atoms with Gasteiger partial charge in [-0.05, 0) is 43.5 Å². The van der Waals surface area contributed by atoms with Gasteiger partial charge >= 0.3 is 5.97 Å². The molecule has 82 valence electrons. The molecule has 0 fully saturated rings. The van der Waals surface area contributed by atoms with Crippen molar-refractivity contribution in [2.45, 2.75) is 26.1 Å². The summed E-state index contributed by atoms with van der Waals surface area (Å²) >= 11 is 3.39. The lowest BCUT2D eigenvalue weighted by molar-refractivity contribution is 0.0525. The number of alkyl halides is 1. The quantitative estimate of drug-likeness (QED) is 0.622. The van der Waals surface area contributed by atoms with Gasteiger partial charge in [0.25, 0.3) is 0 Å². The number of rotatable bonds is 3. The molecule has 0 atom stereocenters. The van der Waals surface area contributed by atoms with Crippen molar-refractivity contribution in [1.82, 2.24) is 0 Å². The molecule has 0 spiro atoms. The van der Waals surface area contributed by atoms with Crippen LogP contribution in [0.25, 0.3) is 0 Å². The molecule has 0 aliphatic carbocycles. The number of halogens is 1. The second-order valence-corrected chi connectivity index (χ2v) is 4.00. The molecule has 0 N–H and O–H groups in total. The Bertz CT molecular complexity index is 372. The summed E-state index contributed by atoms with van der Waals surface area (Å²) in [5, 5.41) is 0.751. The van der Waals surface area contributed by atoms with E-state index < -0.39 is 0 Å². The van der Waals surface area contributed by atoms with E-state index >= 15 is 0 Å². The Labute approximate surface area is 98.8 Å². The van der Waals surface area contributed by atoms with Crippen molar-refractivity contribution in [3.8, 4) is 0 Å². The third kappa shape index (κ3) is 2.81. The fraction of sp³-hybridized carbons (Fsp3) is 0.417. The number of esters is 1. The van der Waals surface area contributed by atoms with Gasteiger partial charge in [-0.2, -0.15) is 0 Å². The van der Waals surface area contributed by atoms with E-state index in [9.17, 15) is 4.79 Å². The van der Waals surface area contributed by atoms with Crippen LogP contribution in [0.2, 0.25) is 0 Å². The highest BCUT2D eigenvalue weighted by Gasteiger charge is 2.12. The van der Waals surface area contributed by atoms with Crippen LogP contribution >= 0.6 is 15.9 Å². The lowest BCUT2D eigenvalue weighted by Crippen LogP contribution is -2.08. The van der Waals surface area contributed by atoms with Crippen LogP contribution in [0.1, 0.15) is 34.0 Å². The van der Waals surface area contributed by atoms with Crippen LogP contribution in [0.15, 0.2) is 12.1 Å². The third-order valence-electron chi connectivity index (χ3n) is 2.38. The number of ether oxygens (including phenoxy) is 1. The Morgan fingerprint density at radius 2 is 2.07 bits per heavy atom. The molecule has 0 saturated heterocycles. The average Bonchev–Trinajstić information content (AvgIpc) is 2.22. The number of carbonyl (C=O) groups excluding carboxylic acids is 1.